The quantitative estimate of drug-likeness (QED) is 0.859. The molecule has 0 aliphatic heterocycles. The molecule has 1 aromatic carbocycles. The van der Waals surface area contributed by atoms with Crippen LogP contribution < -0.4 is 5.32 Å². The van der Waals surface area contributed by atoms with Gasteiger partial charge >= 0.3 is 0 Å². The molecule has 1 aromatic rings. The topological polar surface area (TPSA) is 35.8 Å². The maximum absolute atomic E-state index is 9.54. The maximum Gasteiger partial charge on any atom is 0.125 e. The van der Waals surface area contributed by atoms with E-state index in [2.05, 4.69) is 37.4 Å². The lowest BCUT2D eigenvalue weighted by Crippen LogP contribution is -2.40. The van der Waals surface area contributed by atoms with E-state index >= 15 is 0 Å². The summed E-state index contributed by atoms with van der Waals surface area (Å²) < 4.78 is 0. The van der Waals surface area contributed by atoms with Crippen molar-refractivity contribution in [2.24, 2.45) is 5.92 Å². The van der Waals surface area contributed by atoms with Gasteiger partial charge in [0.05, 0.1) is 6.07 Å². The molecular weight excluding hydrogens is 220 g/mol. The Labute approximate surface area is 110 Å². The van der Waals surface area contributed by atoms with Gasteiger partial charge in [-0.15, -0.1) is 0 Å². The average Bonchev–Trinajstić information content (AvgIpc) is 2.42. The van der Waals surface area contributed by atoms with Gasteiger partial charge in [-0.1, -0.05) is 31.5 Å². The molecule has 0 amide bonds. The zero-order valence-electron chi connectivity index (χ0n) is 11.4. The fraction of sp³-hybridized carbons (Fsp3) is 0.562. The predicted molar refractivity (Wildman–Crippen MR) is 75.4 cm³/mol. The molecule has 2 rings (SSSR count). The summed E-state index contributed by atoms with van der Waals surface area (Å²) in [6, 6.07) is 10.7. The third-order valence-corrected chi connectivity index (χ3v) is 4.27. The van der Waals surface area contributed by atoms with Crippen molar-refractivity contribution in [1.82, 2.24) is 0 Å². The summed E-state index contributed by atoms with van der Waals surface area (Å²) in [6.07, 6.45) is 5.52. The van der Waals surface area contributed by atoms with Crippen LogP contribution in [0.25, 0.3) is 0 Å². The number of nitriles is 1. The molecule has 1 saturated carbocycles. The molecule has 0 unspecified atom stereocenters. The van der Waals surface area contributed by atoms with Crippen molar-refractivity contribution in [2.75, 3.05) is 5.32 Å². The van der Waals surface area contributed by atoms with E-state index in [-0.39, 0.29) is 5.54 Å². The van der Waals surface area contributed by atoms with Gasteiger partial charge in [0.15, 0.2) is 0 Å². The van der Waals surface area contributed by atoms with E-state index in [9.17, 15) is 5.26 Å². The normalized spacial score (nSPS) is 27.5. The zero-order chi connectivity index (χ0) is 13.0. The Morgan fingerprint density at radius 1 is 1.33 bits per heavy atom. The zero-order valence-corrected chi connectivity index (χ0v) is 11.4. The Hall–Kier alpha value is -1.49. The third-order valence-electron chi connectivity index (χ3n) is 4.27. The summed E-state index contributed by atoms with van der Waals surface area (Å²) >= 11 is 0. The van der Waals surface area contributed by atoms with Crippen molar-refractivity contribution in [1.29, 1.82) is 5.26 Å². The van der Waals surface area contributed by atoms with Gasteiger partial charge in [0.1, 0.15) is 5.54 Å². The van der Waals surface area contributed by atoms with E-state index in [1.807, 2.05) is 12.1 Å². The molecule has 0 spiro atoms. The predicted octanol–water partition coefficient (Wildman–Crippen LogP) is 4.27. The summed E-state index contributed by atoms with van der Waals surface area (Å²) in [5, 5.41) is 13.0. The Morgan fingerprint density at radius 2 is 2.00 bits per heavy atom. The molecule has 1 N–H and O–H groups in total. The molecule has 1 fully saturated rings. The summed E-state index contributed by atoms with van der Waals surface area (Å²) in [4.78, 5) is 0. The molecule has 18 heavy (non-hydrogen) atoms. The van der Waals surface area contributed by atoms with Gasteiger partial charge < -0.3 is 5.32 Å². The second-order valence-electron chi connectivity index (χ2n) is 5.49. The fourth-order valence-corrected chi connectivity index (χ4v) is 2.81. The van der Waals surface area contributed by atoms with Gasteiger partial charge in [0, 0.05) is 5.69 Å². The molecule has 0 radical (unpaired) electrons. The Kier molecular flexibility index (Phi) is 3.91. The van der Waals surface area contributed by atoms with Gasteiger partial charge in [-0.2, -0.15) is 5.26 Å². The van der Waals surface area contributed by atoms with Crippen molar-refractivity contribution in [3.63, 3.8) is 0 Å². The highest BCUT2D eigenvalue weighted by Crippen LogP contribution is 2.36. The van der Waals surface area contributed by atoms with Crippen LogP contribution in [0.3, 0.4) is 0 Å². The number of nitrogens with zero attached hydrogens (tertiary/aromatic N) is 1. The third kappa shape index (κ3) is 2.67. The first-order valence-corrected chi connectivity index (χ1v) is 6.94. The number of benzene rings is 1. The minimum atomic E-state index is -0.349. The lowest BCUT2D eigenvalue weighted by Gasteiger charge is -2.36. The van der Waals surface area contributed by atoms with Crippen LogP contribution in [0.5, 0.6) is 0 Å². The Balaban J connectivity index is 2.11. The molecule has 0 saturated heterocycles. The van der Waals surface area contributed by atoms with Crippen LogP contribution >= 0.6 is 0 Å². The molecule has 2 nitrogen and oxygen atoms in total. The minimum Gasteiger partial charge on any atom is -0.367 e. The first-order valence-electron chi connectivity index (χ1n) is 6.94. The number of rotatable bonds is 3. The van der Waals surface area contributed by atoms with Crippen molar-refractivity contribution >= 4 is 5.69 Å². The lowest BCUT2D eigenvalue weighted by molar-refractivity contribution is 0.290. The first kappa shape index (κ1) is 13.0. The molecule has 0 heterocycles. The average molecular weight is 242 g/mol. The van der Waals surface area contributed by atoms with Gasteiger partial charge in [-0.3, -0.25) is 0 Å². The van der Waals surface area contributed by atoms with Crippen LogP contribution in [0.15, 0.2) is 24.3 Å². The summed E-state index contributed by atoms with van der Waals surface area (Å²) in [5.41, 5.74) is 1.97. The van der Waals surface area contributed by atoms with E-state index in [1.165, 1.54) is 24.8 Å². The van der Waals surface area contributed by atoms with Gasteiger partial charge in [-0.05, 0) is 50.2 Å². The number of para-hydroxylation sites is 1. The Bertz CT molecular complexity index is 437. The fourth-order valence-electron chi connectivity index (χ4n) is 2.81. The molecule has 2 heteroatoms. The van der Waals surface area contributed by atoms with Crippen LogP contribution in [-0.4, -0.2) is 5.54 Å². The van der Waals surface area contributed by atoms with Crippen molar-refractivity contribution in [3.8, 4) is 6.07 Å². The molecule has 0 atom stereocenters. The van der Waals surface area contributed by atoms with Crippen LogP contribution in [0.1, 0.15) is 44.6 Å². The van der Waals surface area contributed by atoms with Gasteiger partial charge in [0.2, 0.25) is 0 Å². The van der Waals surface area contributed by atoms with Crippen LogP contribution in [0.2, 0.25) is 0 Å². The highest BCUT2D eigenvalue weighted by molar-refractivity contribution is 5.53. The second-order valence-corrected chi connectivity index (χ2v) is 5.49. The van der Waals surface area contributed by atoms with Gasteiger partial charge in [0.25, 0.3) is 0 Å². The number of anilines is 1. The maximum atomic E-state index is 9.54. The highest BCUT2D eigenvalue weighted by atomic mass is 15.0. The number of hydrogen-bond acceptors (Lipinski definition) is 2. The van der Waals surface area contributed by atoms with Crippen molar-refractivity contribution < 1.29 is 0 Å². The molecular formula is C16H22N2. The van der Waals surface area contributed by atoms with Crippen LogP contribution in [-0.2, 0) is 0 Å². The SMILES string of the molecule is CCC1CCC(C#N)(Nc2ccccc2C)CC1. The summed E-state index contributed by atoms with van der Waals surface area (Å²) in [5.74, 6) is 0.810. The number of aryl methyl sites for hydroxylation is 1. The molecule has 1 aliphatic carbocycles. The van der Waals surface area contributed by atoms with Crippen molar-refractivity contribution in [3.05, 3.63) is 29.8 Å². The molecule has 0 aromatic heterocycles. The summed E-state index contributed by atoms with van der Waals surface area (Å²) in [7, 11) is 0. The lowest BCUT2D eigenvalue weighted by atomic mass is 9.76. The van der Waals surface area contributed by atoms with Crippen LogP contribution in [0, 0.1) is 24.2 Å². The Morgan fingerprint density at radius 3 is 2.56 bits per heavy atom. The largest absolute Gasteiger partial charge is 0.367 e. The first-order chi connectivity index (χ1) is 8.69. The van der Waals surface area contributed by atoms with Crippen molar-refractivity contribution in [2.45, 2.75) is 51.5 Å². The standard InChI is InChI=1S/C16H22N2/c1-3-14-8-10-16(12-17,11-9-14)18-15-7-5-4-6-13(15)2/h4-7,14,18H,3,8-11H2,1-2H3. The van der Waals surface area contributed by atoms with E-state index in [4.69, 9.17) is 0 Å². The summed E-state index contributed by atoms with van der Waals surface area (Å²) in [6.45, 7) is 4.34. The van der Waals surface area contributed by atoms with E-state index in [1.54, 1.807) is 0 Å². The van der Waals surface area contributed by atoms with Crippen LogP contribution in [0.4, 0.5) is 5.69 Å². The van der Waals surface area contributed by atoms with E-state index in [0.717, 1.165) is 24.4 Å². The van der Waals surface area contributed by atoms with E-state index in [0.29, 0.717) is 0 Å². The molecule has 0 bridgehead atoms. The van der Waals surface area contributed by atoms with Gasteiger partial charge in [-0.25, -0.2) is 0 Å². The second kappa shape index (κ2) is 5.44. The smallest absolute Gasteiger partial charge is 0.125 e. The minimum absolute atomic E-state index is 0.349. The highest BCUT2D eigenvalue weighted by Gasteiger charge is 2.35. The molecule has 1 aliphatic rings. The number of nitrogens with one attached hydrogen (secondary N) is 1. The van der Waals surface area contributed by atoms with E-state index < -0.39 is 0 Å². The monoisotopic (exact) mass is 242 g/mol. The molecule has 96 valence electrons. The number of hydrogen-bond donors (Lipinski definition) is 1.